The van der Waals surface area contributed by atoms with E-state index < -0.39 is 0 Å². The van der Waals surface area contributed by atoms with E-state index >= 15 is 0 Å². The Bertz CT molecular complexity index is 309. The Hall–Kier alpha value is -0.450. The molecule has 0 aliphatic carbocycles. The van der Waals surface area contributed by atoms with Crippen molar-refractivity contribution < 1.29 is 0 Å². The predicted octanol–water partition coefficient (Wildman–Crippen LogP) is 2.78. The number of aromatic nitrogens is 1. The summed E-state index contributed by atoms with van der Waals surface area (Å²) in [6, 6.07) is 0.669. The van der Waals surface area contributed by atoms with E-state index in [1.54, 1.807) is 11.3 Å². The second-order valence-corrected chi connectivity index (χ2v) is 5.41. The fourth-order valence-corrected chi connectivity index (χ4v) is 2.42. The minimum absolute atomic E-state index is 0.0529. The summed E-state index contributed by atoms with van der Waals surface area (Å²) >= 11 is 1.66. The molecule has 1 rings (SSSR count). The molecule has 3 nitrogen and oxygen atoms in total. The van der Waals surface area contributed by atoms with E-state index in [2.05, 4.69) is 36.2 Å². The molecule has 92 valence electrons. The van der Waals surface area contributed by atoms with Crippen LogP contribution in [0.2, 0.25) is 0 Å². The largest absolute Gasteiger partial charge is 0.322 e. The molecular formula is C12H23N3S. The molecule has 4 heteroatoms. The van der Waals surface area contributed by atoms with Gasteiger partial charge in [0.05, 0.1) is 11.7 Å². The molecule has 0 spiro atoms. The minimum atomic E-state index is 0.0529. The van der Waals surface area contributed by atoms with Crippen molar-refractivity contribution in [3.8, 4) is 0 Å². The molecule has 0 amide bonds. The van der Waals surface area contributed by atoms with Crippen molar-refractivity contribution in [3.63, 3.8) is 0 Å². The fraction of sp³-hybridized carbons (Fsp3) is 0.750. The van der Waals surface area contributed by atoms with Gasteiger partial charge in [0.15, 0.2) is 0 Å². The first-order valence-electron chi connectivity index (χ1n) is 5.94. The molecule has 0 fully saturated rings. The molecule has 0 aliphatic rings. The third-order valence-electron chi connectivity index (χ3n) is 2.83. The van der Waals surface area contributed by atoms with Crippen molar-refractivity contribution in [1.82, 2.24) is 9.88 Å². The third-order valence-corrected chi connectivity index (χ3v) is 3.92. The Morgan fingerprint density at radius 2 is 2.19 bits per heavy atom. The zero-order valence-corrected chi connectivity index (χ0v) is 11.5. The molecule has 2 atom stereocenters. The summed E-state index contributed by atoms with van der Waals surface area (Å²) in [7, 11) is 2.16. The summed E-state index contributed by atoms with van der Waals surface area (Å²) in [5, 5.41) is 3.15. The molecule has 0 aromatic carbocycles. The normalized spacial score (nSPS) is 15.4. The summed E-state index contributed by atoms with van der Waals surface area (Å²) < 4.78 is 0. The van der Waals surface area contributed by atoms with E-state index in [1.807, 2.05) is 6.92 Å². The topological polar surface area (TPSA) is 42.1 Å². The summed E-state index contributed by atoms with van der Waals surface area (Å²) in [6.07, 6.45) is 2.47. The number of thiazole rings is 1. The van der Waals surface area contributed by atoms with E-state index in [1.165, 1.54) is 12.8 Å². The number of hydrogen-bond donors (Lipinski definition) is 1. The molecule has 2 N–H and O–H groups in total. The van der Waals surface area contributed by atoms with E-state index in [0.717, 1.165) is 17.2 Å². The molecule has 16 heavy (non-hydrogen) atoms. The van der Waals surface area contributed by atoms with Gasteiger partial charge >= 0.3 is 0 Å². The first-order valence-corrected chi connectivity index (χ1v) is 6.82. The molecule has 0 bridgehead atoms. The van der Waals surface area contributed by atoms with Gasteiger partial charge in [0.2, 0.25) is 0 Å². The number of rotatable bonds is 6. The molecule has 1 aromatic rings. The SMILES string of the molecule is CCCC(C)N(C)Cc1csc(C(C)N)n1. The third kappa shape index (κ3) is 3.85. The van der Waals surface area contributed by atoms with Crippen LogP contribution in [-0.2, 0) is 6.54 Å². The summed E-state index contributed by atoms with van der Waals surface area (Å²) in [5.41, 5.74) is 6.94. The average Bonchev–Trinajstić information content (AvgIpc) is 2.66. The Kier molecular flexibility index (Phi) is 5.38. The lowest BCUT2D eigenvalue weighted by atomic mass is 10.2. The number of nitrogens with zero attached hydrogens (tertiary/aromatic N) is 2. The van der Waals surface area contributed by atoms with Gasteiger partial charge in [-0.2, -0.15) is 0 Å². The smallest absolute Gasteiger partial charge is 0.109 e. The standard InChI is InChI=1S/C12H23N3S/c1-5-6-9(2)15(4)7-11-8-16-12(14-11)10(3)13/h8-10H,5-7,13H2,1-4H3. The van der Waals surface area contributed by atoms with E-state index in [-0.39, 0.29) is 6.04 Å². The summed E-state index contributed by atoms with van der Waals surface area (Å²) in [4.78, 5) is 6.89. The van der Waals surface area contributed by atoms with Gasteiger partial charge < -0.3 is 5.73 Å². The highest BCUT2D eigenvalue weighted by Crippen LogP contribution is 2.17. The highest BCUT2D eigenvalue weighted by Gasteiger charge is 2.11. The van der Waals surface area contributed by atoms with Gasteiger partial charge in [-0.15, -0.1) is 11.3 Å². The maximum Gasteiger partial charge on any atom is 0.109 e. The van der Waals surface area contributed by atoms with Crippen LogP contribution in [0.3, 0.4) is 0 Å². The Labute approximate surface area is 103 Å². The molecular weight excluding hydrogens is 218 g/mol. The van der Waals surface area contributed by atoms with Gasteiger partial charge in [-0.3, -0.25) is 4.90 Å². The monoisotopic (exact) mass is 241 g/mol. The van der Waals surface area contributed by atoms with Crippen LogP contribution >= 0.6 is 11.3 Å². The lowest BCUT2D eigenvalue weighted by Gasteiger charge is -2.23. The minimum Gasteiger partial charge on any atom is -0.322 e. The molecule has 0 saturated heterocycles. The Balaban J connectivity index is 2.52. The van der Waals surface area contributed by atoms with E-state index in [9.17, 15) is 0 Å². The zero-order valence-electron chi connectivity index (χ0n) is 10.7. The van der Waals surface area contributed by atoms with Crippen LogP contribution in [0, 0.1) is 0 Å². The molecule has 0 aliphatic heterocycles. The van der Waals surface area contributed by atoms with Gasteiger partial charge in [-0.1, -0.05) is 13.3 Å². The van der Waals surface area contributed by atoms with Crippen LogP contribution in [0.15, 0.2) is 5.38 Å². The molecule has 1 heterocycles. The van der Waals surface area contributed by atoms with Crippen LogP contribution < -0.4 is 5.73 Å². The van der Waals surface area contributed by atoms with Crippen molar-refractivity contribution in [2.75, 3.05) is 7.05 Å². The van der Waals surface area contributed by atoms with Gasteiger partial charge in [-0.25, -0.2) is 4.98 Å². The van der Waals surface area contributed by atoms with Crippen molar-refractivity contribution in [2.45, 2.75) is 52.2 Å². The van der Waals surface area contributed by atoms with Crippen molar-refractivity contribution in [3.05, 3.63) is 16.1 Å². The number of hydrogen-bond acceptors (Lipinski definition) is 4. The van der Waals surface area contributed by atoms with E-state index in [0.29, 0.717) is 6.04 Å². The highest BCUT2D eigenvalue weighted by molar-refractivity contribution is 7.09. The first-order chi connectivity index (χ1) is 7.54. The molecule has 0 radical (unpaired) electrons. The fourth-order valence-electron chi connectivity index (χ4n) is 1.65. The van der Waals surface area contributed by atoms with Gasteiger partial charge in [0, 0.05) is 18.0 Å². The molecule has 0 saturated carbocycles. The lowest BCUT2D eigenvalue weighted by Crippen LogP contribution is -2.28. The van der Waals surface area contributed by atoms with Crippen molar-refractivity contribution >= 4 is 11.3 Å². The highest BCUT2D eigenvalue weighted by atomic mass is 32.1. The summed E-state index contributed by atoms with van der Waals surface area (Å²) in [6.45, 7) is 7.39. The predicted molar refractivity (Wildman–Crippen MR) is 70.6 cm³/mol. The van der Waals surface area contributed by atoms with Crippen LogP contribution in [-0.4, -0.2) is 23.0 Å². The zero-order chi connectivity index (χ0) is 12.1. The van der Waals surface area contributed by atoms with Crippen molar-refractivity contribution in [1.29, 1.82) is 0 Å². The lowest BCUT2D eigenvalue weighted by molar-refractivity contribution is 0.234. The van der Waals surface area contributed by atoms with Gasteiger partial charge in [0.1, 0.15) is 5.01 Å². The van der Waals surface area contributed by atoms with Crippen LogP contribution in [0.25, 0.3) is 0 Å². The quantitative estimate of drug-likeness (QED) is 0.832. The maximum absolute atomic E-state index is 5.80. The van der Waals surface area contributed by atoms with Crippen molar-refractivity contribution in [2.24, 2.45) is 5.73 Å². The second-order valence-electron chi connectivity index (χ2n) is 4.52. The Morgan fingerprint density at radius 3 is 2.69 bits per heavy atom. The van der Waals surface area contributed by atoms with Gasteiger partial charge in [-0.05, 0) is 27.3 Å². The Morgan fingerprint density at radius 1 is 1.50 bits per heavy atom. The van der Waals surface area contributed by atoms with Crippen LogP contribution in [0.4, 0.5) is 0 Å². The summed E-state index contributed by atoms with van der Waals surface area (Å²) in [5.74, 6) is 0. The van der Waals surface area contributed by atoms with Gasteiger partial charge in [0.25, 0.3) is 0 Å². The second kappa shape index (κ2) is 6.33. The maximum atomic E-state index is 5.80. The first kappa shape index (κ1) is 13.6. The van der Waals surface area contributed by atoms with Crippen LogP contribution in [0.5, 0.6) is 0 Å². The van der Waals surface area contributed by atoms with E-state index in [4.69, 9.17) is 5.73 Å². The number of nitrogens with two attached hydrogens (primary N) is 1. The van der Waals surface area contributed by atoms with Crippen LogP contribution in [0.1, 0.15) is 50.4 Å². The average molecular weight is 241 g/mol. The molecule has 1 aromatic heterocycles. The molecule has 2 unspecified atom stereocenters.